The molecule has 0 spiro atoms. The van der Waals surface area contributed by atoms with Gasteiger partial charge in [-0.15, -0.1) is 11.8 Å². The SMILES string of the molecule is COc1ccc2ncc(CN)c(CCCC3(CC(=O)O)CCN(CCSc4c(F)cc(F)cc4F)CC3)c2c1. The molecule has 10 heteroatoms. The van der Waals surface area contributed by atoms with Gasteiger partial charge >= 0.3 is 5.97 Å². The van der Waals surface area contributed by atoms with Gasteiger partial charge in [0.15, 0.2) is 0 Å². The van der Waals surface area contributed by atoms with E-state index in [9.17, 15) is 23.1 Å². The number of nitrogens with zero attached hydrogens (tertiary/aromatic N) is 2. The fraction of sp³-hybridized carbons (Fsp3) is 0.448. The Morgan fingerprint density at radius 3 is 2.54 bits per heavy atom. The molecular weight excluding hydrogens is 527 g/mol. The highest BCUT2D eigenvalue weighted by Crippen LogP contribution is 2.40. The molecule has 2 heterocycles. The van der Waals surface area contributed by atoms with Crippen molar-refractivity contribution in [3.8, 4) is 5.75 Å². The van der Waals surface area contributed by atoms with Crippen LogP contribution in [-0.4, -0.2) is 53.5 Å². The number of carboxylic acid groups (broad SMARTS) is 1. The number of carboxylic acids is 1. The molecule has 3 N–H and O–H groups in total. The van der Waals surface area contributed by atoms with E-state index in [1.54, 1.807) is 7.11 Å². The van der Waals surface area contributed by atoms with Crippen molar-refractivity contribution < 1.29 is 27.8 Å². The van der Waals surface area contributed by atoms with E-state index in [1.807, 2.05) is 24.4 Å². The van der Waals surface area contributed by atoms with Crippen LogP contribution >= 0.6 is 11.8 Å². The number of fused-ring (bicyclic) bond motifs is 1. The molecule has 2 aromatic carbocycles. The first kappa shape index (κ1) is 29.2. The Bertz CT molecular complexity index is 1290. The molecule has 1 aliphatic rings. The van der Waals surface area contributed by atoms with E-state index >= 15 is 0 Å². The number of aromatic nitrogens is 1. The lowest BCUT2D eigenvalue weighted by atomic mass is 9.72. The first-order valence-corrected chi connectivity index (χ1v) is 14.1. The number of nitrogens with two attached hydrogens (primary N) is 1. The van der Waals surface area contributed by atoms with Crippen LogP contribution in [0.2, 0.25) is 0 Å². The molecule has 6 nitrogen and oxygen atoms in total. The maximum atomic E-state index is 13.9. The van der Waals surface area contributed by atoms with Gasteiger partial charge in [-0.3, -0.25) is 9.78 Å². The van der Waals surface area contributed by atoms with Gasteiger partial charge in [-0.2, -0.15) is 0 Å². The number of hydrogen-bond acceptors (Lipinski definition) is 6. The third-order valence-electron chi connectivity index (χ3n) is 7.69. The number of aryl methyl sites for hydroxylation is 1. The van der Waals surface area contributed by atoms with E-state index < -0.39 is 23.4 Å². The Morgan fingerprint density at radius 1 is 1.18 bits per heavy atom. The maximum absolute atomic E-state index is 13.9. The number of halogens is 3. The molecule has 0 aliphatic carbocycles. The van der Waals surface area contributed by atoms with E-state index in [2.05, 4.69) is 9.88 Å². The van der Waals surface area contributed by atoms with E-state index in [4.69, 9.17) is 10.5 Å². The lowest BCUT2D eigenvalue weighted by Gasteiger charge is -2.41. The number of thioether (sulfide) groups is 1. The van der Waals surface area contributed by atoms with Crippen LogP contribution in [-0.2, 0) is 17.8 Å². The Labute approximate surface area is 230 Å². The van der Waals surface area contributed by atoms with Gasteiger partial charge in [0.2, 0.25) is 0 Å². The summed E-state index contributed by atoms with van der Waals surface area (Å²) in [7, 11) is 1.63. The Hall–Kier alpha value is -2.82. The highest BCUT2D eigenvalue weighted by Gasteiger charge is 2.36. The number of methoxy groups -OCH3 is 1. The summed E-state index contributed by atoms with van der Waals surface area (Å²) in [5.74, 6) is -2.33. The molecule has 1 aromatic heterocycles. The Kier molecular flexibility index (Phi) is 9.74. The fourth-order valence-corrected chi connectivity index (χ4v) is 6.48. The molecule has 4 rings (SSSR count). The van der Waals surface area contributed by atoms with Crippen molar-refractivity contribution in [1.29, 1.82) is 0 Å². The number of aliphatic carboxylic acids is 1. The molecule has 1 saturated heterocycles. The summed E-state index contributed by atoms with van der Waals surface area (Å²) in [6.45, 7) is 2.40. The molecule has 210 valence electrons. The molecule has 39 heavy (non-hydrogen) atoms. The van der Waals surface area contributed by atoms with E-state index in [1.165, 1.54) is 0 Å². The first-order chi connectivity index (χ1) is 18.7. The standard InChI is InChI=1S/C29H34F3N3O3S/c1-38-21-4-5-26-23(15-21)22(19(17-33)18-34-26)3-2-6-29(16-27(36)37)7-9-35(10-8-29)11-12-39-28-24(31)13-20(30)14-25(28)32/h4-5,13-15,18H,2-3,6-12,16-17,33H2,1H3,(H,36,37). The van der Waals surface area contributed by atoms with Crippen molar-refractivity contribution in [2.45, 2.75) is 50.0 Å². The second kappa shape index (κ2) is 13.0. The molecule has 3 aromatic rings. The number of piperidine rings is 1. The minimum atomic E-state index is -0.934. The summed E-state index contributed by atoms with van der Waals surface area (Å²) in [4.78, 5) is 18.3. The van der Waals surface area contributed by atoms with Gasteiger partial charge < -0.3 is 20.5 Å². The highest BCUT2D eigenvalue weighted by molar-refractivity contribution is 7.99. The van der Waals surface area contributed by atoms with Crippen LogP contribution in [0.4, 0.5) is 13.2 Å². The van der Waals surface area contributed by atoms with Gasteiger partial charge in [-0.05, 0) is 79.9 Å². The lowest BCUT2D eigenvalue weighted by molar-refractivity contribution is -0.140. The third kappa shape index (κ3) is 7.23. The summed E-state index contributed by atoms with van der Waals surface area (Å²) >= 11 is 1.03. The van der Waals surface area contributed by atoms with Crippen LogP contribution in [0.25, 0.3) is 10.9 Å². The van der Waals surface area contributed by atoms with E-state index in [0.717, 1.165) is 71.6 Å². The average molecular weight is 562 g/mol. The molecule has 0 radical (unpaired) electrons. The maximum Gasteiger partial charge on any atom is 0.303 e. The second-order valence-electron chi connectivity index (χ2n) is 10.2. The summed E-state index contributed by atoms with van der Waals surface area (Å²) in [6, 6.07) is 7.16. The monoisotopic (exact) mass is 561 g/mol. The van der Waals surface area contributed by atoms with Crippen molar-refractivity contribution in [3.05, 3.63) is 65.1 Å². The predicted octanol–water partition coefficient (Wildman–Crippen LogP) is 5.79. The Balaban J connectivity index is 1.37. The molecule has 0 amide bonds. The number of carbonyl (C=O) groups is 1. The summed E-state index contributed by atoms with van der Waals surface area (Å²) in [6.07, 6.45) is 5.74. The van der Waals surface area contributed by atoms with Gasteiger partial charge in [0, 0.05) is 42.6 Å². The molecule has 0 saturated carbocycles. The molecule has 0 atom stereocenters. The van der Waals surface area contributed by atoms with Gasteiger partial charge in [0.1, 0.15) is 23.2 Å². The number of ether oxygens (including phenoxy) is 1. The van der Waals surface area contributed by atoms with Crippen LogP contribution in [0.15, 0.2) is 41.4 Å². The van der Waals surface area contributed by atoms with Crippen LogP contribution < -0.4 is 10.5 Å². The zero-order valence-corrected chi connectivity index (χ0v) is 22.8. The average Bonchev–Trinajstić information content (AvgIpc) is 2.90. The van der Waals surface area contributed by atoms with Crippen molar-refractivity contribution in [1.82, 2.24) is 9.88 Å². The van der Waals surface area contributed by atoms with Crippen LogP contribution in [0.5, 0.6) is 5.75 Å². The molecule has 1 fully saturated rings. The second-order valence-corrected chi connectivity index (χ2v) is 11.3. The number of rotatable bonds is 12. The van der Waals surface area contributed by atoms with Gasteiger partial charge in [-0.25, -0.2) is 13.2 Å². The molecule has 0 bridgehead atoms. The summed E-state index contributed by atoms with van der Waals surface area (Å²) < 4.78 is 46.4. The minimum absolute atomic E-state index is 0.107. The lowest BCUT2D eigenvalue weighted by Crippen LogP contribution is -2.42. The number of hydrogen-bond donors (Lipinski definition) is 2. The smallest absolute Gasteiger partial charge is 0.303 e. The topological polar surface area (TPSA) is 88.7 Å². The highest BCUT2D eigenvalue weighted by atomic mass is 32.2. The van der Waals surface area contributed by atoms with Crippen LogP contribution in [0.1, 0.15) is 43.2 Å². The first-order valence-electron chi connectivity index (χ1n) is 13.1. The molecular formula is C29H34F3N3O3S. The van der Waals surface area contributed by atoms with Crippen molar-refractivity contribution in [2.75, 3.05) is 32.5 Å². The van der Waals surface area contributed by atoms with Crippen LogP contribution in [0.3, 0.4) is 0 Å². The fourth-order valence-electron chi connectivity index (χ4n) is 5.54. The summed E-state index contributed by atoms with van der Waals surface area (Å²) in [5, 5.41) is 10.7. The van der Waals surface area contributed by atoms with Crippen molar-refractivity contribution in [2.24, 2.45) is 11.1 Å². The van der Waals surface area contributed by atoms with Gasteiger partial charge in [-0.1, -0.05) is 0 Å². The number of pyridine rings is 1. The van der Waals surface area contributed by atoms with E-state index in [-0.39, 0.29) is 16.7 Å². The largest absolute Gasteiger partial charge is 0.497 e. The zero-order valence-electron chi connectivity index (χ0n) is 22.0. The van der Waals surface area contributed by atoms with E-state index in [0.29, 0.717) is 44.1 Å². The zero-order chi connectivity index (χ0) is 28.0. The number of likely N-dealkylation sites (tertiary alicyclic amines) is 1. The van der Waals surface area contributed by atoms with Gasteiger partial charge in [0.05, 0.1) is 23.9 Å². The minimum Gasteiger partial charge on any atom is -0.497 e. The summed E-state index contributed by atoms with van der Waals surface area (Å²) in [5.41, 5.74) is 8.68. The van der Waals surface area contributed by atoms with Gasteiger partial charge in [0.25, 0.3) is 0 Å². The van der Waals surface area contributed by atoms with Crippen molar-refractivity contribution >= 4 is 28.6 Å². The number of benzene rings is 2. The quantitative estimate of drug-likeness (QED) is 0.271. The van der Waals surface area contributed by atoms with Crippen LogP contribution in [0, 0.1) is 22.9 Å². The third-order valence-corrected chi connectivity index (χ3v) is 8.76. The molecule has 0 unspecified atom stereocenters. The normalized spacial score (nSPS) is 15.5. The van der Waals surface area contributed by atoms with Crippen molar-refractivity contribution in [3.63, 3.8) is 0 Å². The predicted molar refractivity (Wildman–Crippen MR) is 147 cm³/mol. The molecule has 1 aliphatic heterocycles. The Morgan fingerprint density at radius 2 is 1.90 bits per heavy atom.